The molecule has 3 heteroatoms. The van der Waals surface area contributed by atoms with Crippen molar-refractivity contribution in [3.05, 3.63) is 0 Å². The zero-order valence-electron chi connectivity index (χ0n) is 20.3. The molecule has 0 amide bonds. The summed E-state index contributed by atoms with van der Waals surface area (Å²) in [6, 6.07) is 0. The number of hydrogen-bond donors (Lipinski definition) is 0. The molecule has 0 fully saturated rings. The predicted octanol–water partition coefficient (Wildman–Crippen LogP) is 6.63. The first kappa shape index (κ1) is 28.4. The van der Waals surface area contributed by atoms with Crippen molar-refractivity contribution < 1.29 is 14.4 Å². The van der Waals surface area contributed by atoms with Gasteiger partial charge in [-0.25, -0.2) is 0 Å². The molecular formula is C26H53NO2. The van der Waals surface area contributed by atoms with Crippen LogP contribution in [0.3, 0.4) is 0 Å². The molecular weight excluding hydrogens is 358 g/mol. The summed E-state index contributed by atoms with van der Waals surface area (Å²) in [4.78, 5) is 10.7. The van der Waals surface area contributed by atoms with Gasteiger partial charge in [-0.3, -0.25) is 0 Å². The van der Waals surface area contributed by atoms with Crippen LogP contribution in [0.25, 0.3) is 0 Å². The number of carbonyl (C=O) groups excluding carboxylic acids is 1. The lowest BCUT2D eigenvalue weighted by Crippen LogP contribution is -2.48. The number of carboxylic acids is 1. The number of likely N-dealkylation sites (N-methyl/N-ethyl adjacent to an activating group) is 1. The van der Waals surface area contributed by atoms with Gasteiger partial charge >= 0.3 is 0 Å². The van der Waals surface area contributed by atoms with Crippen LogP contribution in [0, 0.1) is 0 Å². The van der Waals surface area contributed by atoms with E-state index < -0.39 is 5.97 Å². The van der Waals surface area contributed by atoms with Gasteiger partial charge in [0.25, 0.3) is 0 Å². The number of unbranched alkanes of at least 4 members (excludes halogenated alkanes) is 19. The van der Waals surface area contributed by atoms with Crippen molar-refractivity contribution >= 4 is 5.97 Å². The average Bonchev–Trinajstić information content (AvgIpc) is 2.65. The van der Waals surface area contributed by atoms with Crippen LogP contribution in [-0.4, -0.2) is 37.6 Å². The predicted molar refractivity (Wildman–Crippen MR) is 125 cm³/mol. The molecule has 0 atom stereocenters. The molecule has 174 valence electrons. The Balaban J connectivity index is 3.14. The Hall–Kier alpha value is -0.570. The molecule has 29 heavy (non-hydrogen) atoms. The molecule has 0 heterocycles. The summed E-state index contributed by atoms with van der Waals surface area (Å²) >= 11 is 0. The molecule has 0 unspecified atom stereocenters. The van der Waals surface area contributed by atoms with Crippen LogP contribution < -0.4 is 5.11 Å². The topological polar surface area (TPSA) is 40.1 Å². The van der Waals surface area contributed by atoms with Crippen LogP contribution in [0.2, 0.25) is 0 Å². The van der Waals surface area contributed by atoms with Crippen LogP contribution in [-0.2, 0) is 4.79 Å². The van der Waals surface area contributed by atoms with Gasteiger partial charge < -0.3 is 14.4 Å². The monoisotopic (exact) mass is 411 g/mol. The fourth-order valence-electron chi connectivity index (χ4n) is 4.22. The Morgan fingerprint density at radius 1 is 0.552 bits per heavy atom. The second-order valence-electron chi connectivity index (χ2n) is 9.91. The molecule has 0 rings (SSSR count). The maximum atomic E-state index is 10.7. The van der Waals surface area contributed by atoms with Crippen LogP contribution in [0.5, 0.6) is 0 Å². The van der Waals surface area contributed by atoms with Crippen molar-refractivity contribution in [1.29, 1.82) is 0 Å². The maximum absolute atomic E-state index is 10.7. The van der Waals surface area contributed by atoms with Gasteiger partial charge in [-0.1, -0.05) is 122 Å². The molecule has 0 aliphatic carbocycles. The molecule has 0 aliphatic rings. The molecule has 0 aromatic carbocycles. The number of rotatable bonds is 23. The summed E-state index contributed by atoms with van der Waals surface area (Å²) in [5.74, 6) is -0.942. The summed E-state index contributed by atoms with van der Waals surface area (Å²) in [6.45, 7) is 3.35. The number of aliphatic carboxylic acids is 1. The molecule has 0 saturated carbocycles. The lowest BCUT2D eigenvalue weighted by atomic mass is 10.0. The first-order valence-corrected chi connectivity index (χ1v) is 13.0. The molecule has 0 N–H and O–H groups in total. The molecule has 0 aliphatic heterocycles. The van der Waals surface area contributed by atoms with Gasteiger partial charge in [0.05, 0.1) is 26.6 Å². The summed E-state index contributed by atoms with van der Waals surface area (Å²) in [5, 5.41) is 10.7. The number of nitrogens with zero attached hydrogens (tertiary/aromatic N) is 1. The Kier molecular flexibility index (Phi) is 20.3. The highest BCUT2D eigenvalue weighted by atomic mass is 16.4. The molecule has 0 spiro atoms. The van der Waals surface area contributed by atoms with E-state index in [1.165, 1.54) is 122 Å². The SMILES string of the molecule is CCCCCCCCCCCCCCCCCCCCCC[N+](C)(C)CC(=O)[O-]. The van der Waals surface area contributed by atoms with Gasteiger partial charge in [0.1, 0.15) is 6.54 Å². The first-order valence-electron chi connectivity index (χ1n) is 13.0. The highest BCUT2D eigenvalue weighted by Crippen LogP contribution is 2.15. The number of carboxylic acid groups (broad SMARTS) is 1. The van der Waals surface area contributed by atoms with Crippen molar-refractivity contribution in [3.63, 3.8) is 0 Å². The van der Waals surface area contributed by atoms with E-state index in [4.69, 9.17) is 0 Å². The normalized spacial score (nSPS) is 11.8. The van der Waals surface area contributed by atoms with Gasteiger partial charge in [0.2, 0.25) is 0 Å². The second-order valence-corrected chi connectivity index (χ2v) is 9.91. The van der Waals surface area contributed by atoms with Crippen LogP contribution >= 0.6 is 0 Å². The van der Waals surface area contributed by atoms with Crippen molar-refractivity contribution in [2.45, 2.75) is 135 Å². The Morgan fingerprint density at radius 3 is 1.10 bits per heavy atom. The molecule has 3 nitrogen and oxygen atoms in total. The van der Waals surface area contributed by atoms with Gasteiger partial charge in [0.15, 0.2) is 0 Å². The third kappa shape index (κ3) is 23.6. The van der Waals surface area contributed by atoms with Crippen LogP contribution in [0.1, 0.15) is 135 Å². The largest absolute Gasteiger partial charge is 0.544 e. The summed E-state index contributed by atoms with van der Waals surface area (Å²) in [6.07, 6.45) is 27.9. The highest BCUT2D eigenvalue weighted by Gasteiger charge is 2.14. The highest BCUT2D eigenvalue weighted by molar-refractivity contribution is 5.65. The van der Waals surface area contributed by atoms with Gasteiger partial charge in [-0.15, -0.1) is 0 Å². The Bertz CT molecular complexity index is 355. The van der Waals surface area contributed by atoms with E-state index in [0.29, 0.717) is 4.48 Å². The van der Waals surface area contributed by atoms with E-state index >= 15 is 0 Å². The van der Waals surface area contributed by atoms with Crippen molar-refractivity contribution in [2.24, 2.45) is 0 Å². The fraction of sp³-hybridized carbons (Fsp3) is 0.962. The third-order valence-corrected chi connectivity index (χ3v) is 6.17. The standard InChI is InChI=1S/C26H53NO2/c1-4-5-6-7-8-9-10-11-12-13-14-15-16-17-18-19-20-21-22-23-24-27(2,3)25-26(28)29/h4-25H2,1-3H3. The summed E-state index contributed by atoms with van der Waals surface area (Å²) in [5.41, 5.74) is 0. The zero-order chi connectivity index (χ0) is 21.6. The van der Waals surface area contributed by atoms with Gasteiger partial charge in [-0.05, 0) is 12.8 Å². The first-order chi connectivity index (χ1) is 14.0. The molecule has 0 aromatic heterocycles. The lowest BCUT2D eigenvalue weighted by Gasteiger charge is -2.30. The average molecular weight is 412 g/mol. The minimum absolute atomic E-state index is 0.124. The molecule has 0 saturated heterocycles. The van der Waals surface area contributed by atoms with Gasteiger partial charge in [0, 0.05) is 0 Å². The fourth-order valence-corrected chi connectivity index (χ4v) is 4.22. The van der Waals surface area contributed by atoms with Crippen LogP contribution in [0.4, 0.5) is 0 Å². The summed E-state index contributed by atoms with van der Waals surface area (Å²) < 4.78 is 0.543. The Morgan fingerprint density at radius 2 is 0.828 bits per heavy atom. The van der Waals surface area contributed by atoms with Crippen molar-refractivity contribution in [2.75, 3.05) is 27.2 Å². The molecule has 0 radical (unpaired) electrons. The van der Waals surface area contributed by atoms with E-state index in [9.17, 15) is 9.90 Å². The van der Waals surface area contributed by atoms with Crippen molar-refractivity contribution in [3.8, 4) is 0 Å². The minimum atomic E-state index is -0.942. The van der Waals surface area contributed by atoms with E-state index in [0.717, 1.165) is 13.0 Å². The number of quaternary nitrogens is 1. The third-order valence-electron chi connectivity index (χ3n) is 6.17. The van der Waals surface area contributed by atoms with E-state index in [1.54, 1.807) is 0 Å². The van der Waals surface area contributed by atoms with E-state index in [2.05, 4.69) is 6.92 Å². The van der Waals surface area contributed by atoms with E-state index in [-0.39, 0.29) is 6.54 Å². The summed E-state index contributed by atoms with van der Waals surface area (Å²) in [7, 11) is 3.96. The van der Waals surface area contributed by atoms with Crippen molar-refractivity contribution in [1.82, 2.24) is 0 Å². The lowest BCUT2D eigenvalue weighted by molar-refractivity contribution is -0.885. The van der Waals surface area contributed by atoms with Crippen LogP contribution in [0.15, 0.2) is 0 Å². The zero-order valence-corrected chi connectivity index (χ0v) is 20.3. The molecule has 0 bridgehead atoms. The molecule has 0 aromatic rings. The smallest absolute Gasteiger partial charge is 0.119 e. The Labute approximate surface area is 183 Å². The second kappa shape index (κ2) is 20.7. The minimum Gasteiger partial charge on any atom is -0.544 e. The maximum Gasteiger partial charge on any atom is 0.119 e. The van der Waals surface area contributed by atoms with E-state index in [1.807, 2.05) is 14.1 Å². The number of hydrogen-bond acceptors (Lipinski definition) is 2. The van der Waals surface area contributed by atoms with Gasteiger partial charge in [-0.2, -0.15) is 0 Å². The number of carbonyl (C=O) groups is 1. The quantitative estimate of drug-likeness (QED) is 0.140.